The van der Waals surface area contributed by atoms with Crippen molar-refractivity contribution in [2.45, 2.75) is 31.0 Å². The van der Waals surface area contributed by atoms with Gasteiger partial charge in [0.2, 0.25) is 0 Å². The van der Waals surface area contributed by atoms with Crippen LogP contribution in [0.4, 0.5) is 0 Å². The third-order valence-electron chi connectivity index (χ3n) is 3.01. The first-order valence-corrected chi connectivity index (χ1v) is 6.84. The van der Waals surface area contributed by atoms with Gasteiger partial charge in [-0.25, -0.2) is 4.79 Å². The predicted octanol–water partition coefficient (Wildman–Crippen LogP) is -1.02. The lowest BCUT2D eigenvalue weighted by Crippen LogP contribution is -2.46. The number of H-pyrrole nitrogens is 1. The van der Waals surface area contributed by atoms with Crippen LogP contribution in [0, 0.1) is 0 Å². The summed E-state index contributed by atoms with van der Waals surface area (Å²) in [5.41, 5.74) is -2.81. The van der Waals surface area contributed by atoms with E-state index in [4.69, 9.17) is 4.74 Å². The van der Waals surface area contributed by atoms with Gasteiger partial charge in [-0.1, -0.05) is 22.6 Å². The highest BCUT2D eigenvalue weighted by Gasteiger charge is 2.52. The minimum atomic E-state index is -1.60. The number of aromatic amines is 1. The first-order valence-electron chi connectivity index (χ1n) is 5.31. The Morgan fingerprint density at radius 1 is 1.61 bits per heavy atom. The lowest BCUT2D eigenvalue weighted by Gasteiger charge is -2.27. The Kier molecular flexibility index (Phi) is 3.63. The zero-order chi connectivity index (χ0) is 13.5. The molecule has 0 aromatic carbocycles. The molecule has 1 aromatic rings. The summed E-state index contributed by atoms with van der Waals surface area (Å²) in [6.45, 7) is 1.40. The molecule has 8 heteroatoms. The molecular formula is C10H13IN2O5. The van der Waals surface area contributed by atoms with E-state index in [0.717, 1.165) is 10.6 Å². The van der Waals surface area contributed by atoms with Crippen molar-refractivity contribution in [1.29, 1.82) is 0 Å². The van der Waals surface area contributed by atoms with Crippen LogP contribution in [0.3, 0.4) is 0 Å². The van der Waals surface area contributed by atoms with Crippen LogP contribution in [-0.2, 0) is 4.74 Å². The van der Waals surface area contributed by atoms with Crippen LogP contribution in [0.25, 0.3) is 0 Å². The monoisotopic (exact) mass is 368 g/mol. The summed E-state index contributed by atoms with van der Waals surface area (Å²) in [5, 5.41) is 20.2. The van der Waals surface area contributed by atoms with Crippen molar-refractivity contribution in [3.05, 3.63) is 33.1 Å². The lowest BCUT2D eigenvalue weighted by atomic mass is 9.97. The molecule has 3 N–H and O–H groups in total. The maximum absolute atomic E-state index is 11.6. The Bertz CT molecular complexity index is 552. The highest BCUT2D eigenvalue weighted by atomic mass is 127. The van der Waals surface area contributed by atoms with E-state index in [-0.39, 0.29) is 0 Å². The molecule has 2 heterocycles. The topological polar surface area (TPSA) is 105 Å². The van der Waals surface area contributed by atoms with Gasteiger partial charge in [0, 0.05) is 16.7 Å². The van der Waals surface area contributed by atoms with Crippen LogP contribution in [0.1, 0.15) is 13.2 Å². The zero-order valence-electron chi connectivity index (χ0n) is 9.54. The molecule has 1 aliphatic heterocycles. The molecule has 2 rings (SSSR count). The van der Waals surface area contributed by atoms with Crippen LogP contribution in [-0.4, -0.2) is 42.0 Å². The Labute approximate surface area is 116 Å². The van der Waals surface area contributed by atoms with Crippen molar-refractivity contribution in [2.24, 2.45) is 0 Å². The standard InChI is InChI=1S/C10H13IN2O5/c1-10(17)7(15)5(4-11)18-8(10)13-3-2-6(14)12-9(13)16/h2-3,5,7-8,15,17H,4H2,1H3,(H,12,14,16)/t5-,7-,8-,10?/m1/s1. The fourth-order valence-corrected chi connectivity index (χ4v) is 2.67. The fourth-order valence-electron chi connectivity index (χ4n) is 1.98. The maximum Gasteiger partial charge on any atom is 0.330 e. The van der Waals surface area contributed by atoms with Gasteiger partial charge in [-0.05, 0) is 6.92 Å². The highest BCUT2D eigenvalue weighted by Crippen LogP contribution is 2.37. The second-order valence-corrected chi connectivity index (χ2v) is 5.25. The molecule has 1 aliphatic rings. The minimum Gasteiger partial charge on any atom is -0.387 e. The molecule has 4 atom stereocenters. The van der Waals surface area contributed by atoms with Crippen LogP contribution >= 0.6 is 22.6 Å². The van der Waals surface area contributed by atoms with Gasteiger partial charge >= 0.3 is 5.69 Å². The van der Waals surface area contributed by atoms with Gasteiger partial charge in [0.25, 0.3) is 5.56 Å². The number of halogens is 1. The summed E-state index contributed by atoms with van der Waals surface area (Å²) < 4.78 is 7.02. The van der Waals surface area contributed by atoms with Gasteiger partial charge in [0.05, 0.1) is 6.10 Å². The fraction of sp³-hybridized carbons (Fsp3) is 0.600. The van der Waals surface area contributed by atoms with E-state index in [1.165, 1.54) is 13.1 Å². The summed E-state index contributed by atoms with van der Waals surface area (Å²) in [6, 6.07) is 1.16. The number of nitrogens with one attached hydrogen (secondary N) is 1. The lowest BCUT2D eigenvalue weighted by molar-refractivity contribution is -0.0969. The number of rotatable bonds is 2. The third-order valence-corrected chi connectivity index (χ3v) is 3.88. The quantitative estimate of drug-likeness (QED) is 0.458. The molecule has 0 radical (unpaired) electrons. The summed E-state index contributed by atoms with van der Waals surface area (Å²) in [7, 11) is 0. The summed E-state index contributed by atoms with van der Waals surface area (Å²) >= 11 is 2.02. The molecule has 0 aliphatic carbocycles. The molecular weight excluding hydrogens is 355 g/mol. The molecule has 100 valence electrons. The Balaban J connectivity index is 2.45. The molecule has 0 bridgehead atoms. The number of alkyl halides is 1. The number of nitrogens with zero attached hydrogens (tertiary/aromatic N) is 1. The summed E-state index contributed by atoms with van der Waals surface area (Å²) in [6.07, 6.45) is -1.46. The number of hydrogen-bond donors (Lipinski definition) is 3. The summed E-state index contributed by atoms with van der Waals surface area (Å²) in [5.74, 6) is 0. The van der Waals surface area contributed by atoms with E-state index in [1.54, 1.807) is 0 Å². The smallest absolute Gasteiger partial charge is 0.330 e. The van der Waals surface area contributed by atoms with Crippen LogP contribution < -0.4 is 11.2 Å². The van der Waals surface area contributed by atoms with E-state index in [1.807, 2.05) is 22.6 Å². The summed E-state index contributed by atoms with van der Waals surface area (Å²) in [4.78, 5) is 24.7. The maximum atomic E-state index is 11.6. The van der Waals surface area contributed by atoms with Crippen molar-refractivity contribution in [1.82, 2.24) is 9.55 Å². The molecule has 0 saturated carbocycles. The number of ether oxygens (including phenoxy) is 1. The minimum absolute atomic E-state index is 0.476. The molecule has 0 amide bonds. The van der Waals surface area contributed by atoms with Gasteiger partial charge in [0.15, 0.2) is 6.23 Å². The van der Waals surface area contributed by atoms with Gasteiger partial charge < -0.3 is 14.9 Å². The van der Waals surface area contributed by atoms with E-state index >= 15 is 0 Å². The molecule has 0 spiro atoms. The van der Waals surface area contributed by atoms with E-state index < -0.39 is 35.3 Å². The highest BCUT2D eigenvalue weighted by molar-refractivity contribution is 14.1. The largest absolute Gasteiger partial charge is 0.387 e. The van der Waals surface area contributed by atoms with Gasteiger partial charge in [-0.3, -0.25) is 14.3 Å². The van der Waals surface area contributed by atoms with Crippen molar-refractivity contribution < 1.29 is 14.9 Å². The average Bonchev–Trinajstić information content (AvgIpc) is 2.52. The number of hydrogen-bond acceptors (Lipinski definition) is 5. The molecule has 1 unspecified atom stereocenters. The predicted molar refractivity (Wildman–Crippen MR) is 70.8 cm³/mol. The first kappa shape index (κ1) is 13.7. The van der Waals surface area contributed by atoms with Crippen LogP contribution in [0.5, 0.6) is 0 Å². The first-order chi connectivity index (χ1) is 8.37. The number of aliphatic hydroxyl groups excluding tert-OH is 1. The molecule has 1 fully saturated rings. The number of aliphatic hydroxyl groups is 2. The second kappa shape index (κ2) is 4.76. The van der Waals surface area contributed by atoms with Crippen molar-refractivity contribution in [3.63, 3.8) is 0 Å². The van der Waals surface area contributed by atoms with E-state index in [2.05, 4.69) is 4.98 Å². The van der Waals surface area contributed by atoms with Crippen molar-refractivity contribution >= 4 is 22.6 Å². The zero-order valence-corrected chi connectivity index (χ0v) is 11.7. The Hall–Kier alpha value is -0.710. The van der Waals surface area contributed by atoms with Crippen molar-refractivity contribution in [3.8, 4) is 0 Å². The Morgan fingerprint density at radius 2 is 2.28 bits per heavy atom. The van der Waals surface area contributed by atoms with Gasteiger partial charge in [-0.2, -0.15) is 0 Å². The normalized spacial score (nSPS) is 35.9. The van der Waals surface area contributed by atoms with Crippen molar-refractivity contribution in [2.75, 3.05) is 4.43 Å². The molecule has 7 nitrogen and oxygen atoms in total. The van der Waals surface area contributed by atoms with E-state index in [0.29, 0.717) is 4.43 Å². The van der Waals surface area contributed by atoms with Crippen LogP contribution in [0.15, 0.2) is 21.9 Å². The third kappa shape index (κ3) is 2.13. The number of aromatic nitrogens is 2. The van der Waals surface area contributed by atoms with E-state index in [9.17, 15) is 19.8 Å². The SMILES string of the molecule is CC1(O)[C@H](O)[C@@H](CI)O[C@H]1n1ccc(=O)[nH]c1=O. The average molecular weight is 368 g/mol. The molecule has 1 saturated heterocycles. The van der Waals surface area contributed by atoms with Crippen LogP contribution in [0.2, 0.25) is 0 Å². The molecule has 18 heavy (non-hydrogen) atoms. The second-order valence-electron chi connectivity index (χ2n) is 4.37. The van der Waals surface area contributed by atoms with Gasteiger partial charge in [-0.15, -0.1) is 0 Å². The Morgan fingerprint density at radius 3 is 2.78 bits per heavy atom. The molecule has 1 aromatic heterocycles. The van der Waals surface area contributed by atoms with Gasteiger partial charge in [0.1, 0.15) is 11.7 Å².